The van der Waals surface area contributed by atoms with Gasteiger partial charge < -0.3 is 10.2 Å². The third-order valence-corrected chi connectivity index (χ3v) is 7.69. The Labute approximate surface area is 222 Å². The van der Waals surface area contributed by atoms with Gasteiger partial charge in [-0.15, -0.1) is 0 Å². The molecular weight excluding hydrogens is 500 g/mol. The van der Waals surface area contributed by atoms with E-state index in [2.05, 4.69) is 15.0 Å². The summed E-state index contributed by atoms with van der Waals surface area (Å²) < 4.78 is 27.8. The monoisotopic (exact) mass is 530 g/mol. The van der Waals surface area contributed by atoms with Gasteiger partial charge >= 0.3 is 6.03 Å². The molecule has 0 saturated heterocycles. The number of aryl methyl sites for hydroxylation is 2. The zero-order valence-electron chi connectivity index (χ0n) is 21.5. The fraction of sp³-hybridized carbons (Fsp3) is 0.207. The first-order valence-corrected chi connectivity index (χ1v) is 13.8. The molecule has 1 aromatic heterocycles. The average Bonchev–Trinajstić information content (AvgIpc) is 2.89. The number of rotatable bonds is 8. The highest BCUT2D eigenvalue weighted by molar-refractivity contribution is 7.90. The lowest BCUT2D eigenvalue weighted by Crippen LogP contribution is -2.53. The number of anilines is 1. The van der Waals surface area contributed by atoms with Crippen LogP contribution in [0.1, 0.15) is 23.7 Å². The van der Waals surface area contributed by atoms with E-state index in [0.717, 1.165) is 22.2 Å². The molecule has 0 radical (unpaired) electrons. The zero-order chi connectivity index (χ0) is 27.3. The number of nitrogens with one attached hydrogen (secondary N) is 2. The first-order valence-electron chi connectivity index (χ1n) is 12.3. The van der Waals surface area contributed by atoms with Crippen molar-refractivity contribution in [3.8, 4) is 0 Å². The molecule has 0 aliphatic rings. The van der Waals surface area contributed by atoms with Crippen LogP contribution in [0.15, 0.2) is 89.8 Å². The SMILES string of the molecule is CCN(C(=O)[C@H](Cc1ccccc1)NC(=O)NS(=O)(=O)c1ccccc1C)c1ccc2nc(C)ccc2c1. The summed E-state index contributed by atoms with van der Waals surface area (Å²) in [5.74, 6) is -0.362. The van der Waals surface area contributed by atoms with Gasteiger partial charge in [0.15, 0.2) is 0 Å². The molecule has 0 bridgehead atoms. The van der Waals surface area contributed by atoms with E-state index in [1.807, 2.05) is 74.5 Å². The van der Waals surface area contributed by atoms with Gasteiger partial charge in [0.05, 0.1) is 10.4 Å². The fourth-order valence-corrected chi connectivity index (χ4v) is 5.47. The number of aromatic nitrogens is 1. The summed E-state index contributed by atoms with van der Waals surface area (Å²) in [5, 5.41) is 3.49. The van der Waals surface area contributed by atoms with Gasteiger partial charge in [0.2, 0.25) is 5.91 Å². The molecule has 0 saturated carbocycles. The van der Waals surface area contributed by atoms with E-state index >= 15 is 0 Å². The van der Waals surface area contributed by atoms with Crippen LogP contribution < -0.4 is 14.9 Å². The number of sulfonamides is 1. The largest absolute Gasteiger partial charge is 0.329 e. The Morgan fingerprint density at radius 3 is 2.34 bits per heavy atom. The molecule has 38 heavy (non-hydrogen) atoms. The lowest BCUT2D eigenvalue weighted by atomic mass is 10.0. The van der Waals surface area contributed by atoms with Crippen molar-refractivity contribution in [2.75, 3.05) is 11.4 Å². The first kappa shape index (κ1) is 26.8. The van der Waals surface area contributed by atoms with E-state index in [4.69, 9.17) is 0 Å². The maximum absolute atomic E-state index is 13.8. The average molecular weight is 531 g/mol. The number of nitrogens with zero attached hydrogens (tertiary/aromatic N) is 2. The molecule has 2 N–H and O–H groups in total. The number of urea groups is 1. The highest BCUT2D eigenvalue weighted by Crippen LogP contribution is 2.23. The van der Waals surface area contributed by atoms with Crippen LogP contribution in [0, 0.1) is 13.8 Å². The van der Waals surface area contributed by atoms with E-state index in [-0.39, 0.29) is 17.2 Å². The molecule has 1 heterocycles. The Morgan fingerprint density at radius 2 is 1.63 bits per heavy atom. The predicted molar refractivity (Wildman–Crippen MR) is 148 cm³/mol. The summed E-state index contributed by atoms with van der Waals surface area (Å²) in [7, 11) is -4.13. The van der Waals surface area contributed by atoms with Crippen molar-refractivity contribution in [2.24, 2.45) is 0 Å². The number of carbonyl (C=O) groups excluding carboxylic acids is 2. The number of fused-ring (bicyclic) bond motifs is 1. The summed E-state index contributed by atoms with van der Waals surface area (Å²) in [6, 6.07) is 23.0. The number of benzene rings is 3. The van der Waals surface area contributed by atoms with Crippen molar-refractivity contribution in [3.63, 3.8) is 0 Å². The first-order chi connectivity index (χ1) is 18.2. The number of hydrogen-bond donors (Lipinski definition) is 2. The van der Waals surface area contributed by atoms with Crippen molar-refractivity contribution in [1.29, 1.82) is 0 Å². The molecule has 0 fully saturated rings. The van der Waals surface area contributed by atoms with Crippen LogP contribution in [0.4, 0.5) is 10.5 Å². The molecule has 3 aromatic carbocycles. The smallest absolute Gasteiger partial charge is 0.325 e. The van der Waals surface area contributed by atoms with Crippen molar-refractivity contribution in [3.05, 3.63) is 102 Å². The topological polar surface area (TPSA) is 108 Å². The summed E-state index contributed by atoms with van der Waals surface area (Å²) in [4.78, 5) is 32.8. The third kappa shape index (κ3) is 6.18. The van der Waals surface area contributed by atoms with Gasteiger partial charge in [0, 0.05) is 29.7 Å². The number of hydrogen-bond acceptors (Lipinski definition) is 5. The summed E-state index contributed by atoms with van der Waals surface area (Å²) in [5.41, 5.74) is 3.69. The van der Waals surface area contributed by atoms with Gasteiger partial charge in [-0.05, 0) is 62.2 Å². The Balaban J connectivity index is 1.61. The lowest BCUT2D eigenvalue weighted by Gasteiger charge is -2.27. The minimum Gasteiger partial charge on any atom is -0.325 e. The summed E-state index contributed by atoms with van der Waals surface area (Å²) in [6.07, 6.45) is 0.183. The maximum atomic E-state index is 13.8. The normalized spacial score (nSPS) is 12.1. The van der Waals surface area contributed by atoms with Crippen LogP contribution in [-0.4, -0.2) is 37.9 Å². The standard InChI is InChI=1S/C29H30N4O4S/c1-4-33(24-16-17-25-23(19-24)15-14-21(3)30-25)28(34)26(18-22-11-6-5-7-12-22)31-29(35)32-38(36,37)27-13-9-8-10-20(27)2/h5-17,19,26H,4,18H2,1-3H3,(H2,31,32,35)/t26-/m0/s1. The molecule has 0 aliphatic heterocycles. The van der Waals surface area contributed by atoms with E-state index in [0.29, 0.717) is 17.8 Å². The molecule has 8 nitrogen and oxygen atoms in total. The molecule has 0 spiro atoms. The van der Waals surface area contributed by atoms with E-state index < -0.39 is 22.1 Å². The Bertz CT molecular complexity index is 1570. The third-order valence-electron chi connectivity index (χ3n) is 6.20. The molecule has 196 valence electrons. The van der Waals surface area contributed by atoms with E-state index in [1.54, 1.807) is 30.0 Å². The van der Waals surface area contributed by atoms with Crippen molar-refractivity contribution in [1.82, 2.24) is 15.0 Å². The Hall–Kier alpha value is -4.24. The lowest BCUT2D eigenvalue weighted by molar-refractivity contribution is -0.120. The summed E-state index contributed by atoms with van der Waals surface area (Å²) in [6.45, 7) is 5.75. The molecule has 4 rings (SSSR count). The minimum absolute atomic E-state index is 0.00344. The zero-order valence-corrected chi connectivity index (χ0v) is 22.3. The van der Waals surface area contributed by atoms with Gasteiger partial charge in [-0.3, -0.25) is 9.78 Å². The second-order valence-electron chi connectivity index (χ2n) is 9.00. The van der Waals surface area contributed by atoms with Crippen LogP contribution in [-0.2, 0) is 21.2 Å². The van der Waals surface area contributed by atoms with Crippen LogP contribution in [0.25, 0.3) is 10.9 Å². The van der Waals surface area contributed by atoms with Crippen LogP contribution in [0.2, 0.25) is 0 Å². The molecule has 9 heteroatoms. The quantitative estimate of drug-likeness (QED) is 0.349. The van der Waals surface area contributed by atoms with Gasteiger partial charge in [-0.1, -0.05) is 54.6 Å². The van der Waals surface area contributed by atoms with Gasteiger partial charge in [0.1, 0.15) is 6.04 Å². The molecule has 3 amide bonds. The summed E-state index contributed by atoms with van der Waals surface area (Å²) >= 11 is 0. The van der Waals surface area contributed by atoms with Crippen LogP contribution in [0.3, 0.4) is 0 Å². The van der Waals surface area contributed by atoms with Crippen molar-refractivity contribution >= 4 is 38.6 Å². The number of amides is 3. The molecule has 4 aromatic rings. The second kappa shape index (κ2) is 11.4. The van der Waals surface area contributed by atoms with Crippen molar-refractivity contribution in [2.45, 2.75) is 38.1 Å². The minimum atomic E-state index is -4.13. The molecule has 0 unspecified atom stereocenters. The Morgan fingerprint density at radius 1 is 0.921 bits per heavy atom. The van der Waals surface area contributed by atoms with Gasteiger partial charge in [0.25, 0.3) is 10.0 Å². The van der Waals surface area contributed by atoms with Crippen molar-refractivity contribution < 1.29 is 18.0 Å². The van der Waals surface area contributed by atoms with E-state index in [1.165, 1.54) is 6.07 Å². The fourth-order valence-electron chi connectivity index (χ4n) is 4.31. The van der Waals surface area contributed by atoms with E-state index in [9.17, 15) is 18.0 Å². The highest BCUT2D eigenvalue weighted by Gasteiger charge is 2.29. The van der Waals surface area contributed by atoms with Crippen LogP contribution in [0.5, 0.6) is 0 Å². The number of carbonyl (C=O) groups is 2. The number of pyridine rings is 1. The Kier molecular flexibility index (Phi) is 8.07. The number of likely N-dealkylation sites (N-methyl/N-ethyl adjacent to an activating group) is 1. The van der Waals surface area contributed by atoms with Gasteiger partial charge in [-0.2, -0.15) is 0 Å². The molecule has 1 atom stereocenters. The van der Waals surface area contributed by atoms with Gasteiger partial charge in [-0.25, -0.2) is 17.9 Å². The predicted octanol–water partition coefficient (Wildman–Crippen LogP) is 4.50. The molecule has 0 aliphatic carbocycles. The second-order valence-corrected chi connectivity index (χ2v) is 10.6. The molecular formula is C29H30N4O4S. The maximum Gasteiger partial charge on any atom is 0.329 e. The highest BCUT2D eigenvalue weighted by atomic mass is 32.2. The van der Waals surface area contributed by atoms with Crippen LogP contribution >= 0.6 is 0 Å².